The van der Waals surface area contributed by atoms with Crippen molar-refractivity contribution in [1.82, 2.24) is 5.32 Å². The van der Waals surface area contributed by atoms with Crippen LogP contribution in [0.5, 0.6) is 0 Å². The standard InChI is InChI=1S/C16H25NO/c1-3-5-13-6-4-7-15(10-13)16(17-2)11-14-8-9-18-12-14/h4,6-7,10,14,16-17H,3,5,8-9,11-12H2,1-2H3. The normalized spacial score (nSPS) is 21.1. The molecule has 1 fully saturated rings. The molecule has 2 rings (SSSR count). The minimum Gasteiger partial charge on any atom is -0.381 e. The number of nitrogens with one attached hydrogen (secondary N) is 1. The summed E-state index contributed by atoms with van der Waals surface area (Å²) in [4.78, 5) is 0. The smallest absolute Gasteiger partial charge is 0.0495 e. The van der Waals surface area contributed by atoms with E-state index in [1.165, 1.54) is 36.8 Å². The predicted molar refractivity (Wildman–Crippen MR) is 75.8 cm³/mol. The Morgan fingerprint density at radius 1 is 1.44 bits per heavy atom. The van der Waals surface area contributed by atoms with Crippen LogP contribution in [0, 0.1) is 5.92 Å². The van der Waals surface area contributed by atoms with Gasteiger partial charge in [-0.15, -0.1) is 0 Å². The summed E-state index contributed by atoms with van der Waals surface area (Å²) in [6.07, 6.45) is 4.79. The average Bonchev–Trinajstić information content (AvgIpc) is 2.89. The lowest BCUT2D eigenvalue weighted by molar-refractivity contribution is 0.181. The van der Waals surface area contributed by atoms with Crippen molar-refractivity contribution in [2.45, 2.75) is 38.6 Å². The van der Waals surface area contributed by atoms with Crippen LogP contribution in [0.15, 0.2) is 24.3 Å². The molecule has 1 N–H and O–H groups in total. The molecular weight excluding hydrogens is 222 g/mol. The average molecular weight is 247 g/mol. The van der Waals surface area contributed by atoms with Crippen molar-refractivity contribution in [2.24, 2.45) is 5.92 Å². The molecule has 1 aliphatic heterocycles. The lowest BCUT2D eigenvalue weighted by Crippen LogP contribution is -2.20. The first-order chi connectivity index (χ1) is 8.83. The van der Waals surface area contributed by atoms with Gasteiger partial charge in [0.2, 0.25) is 0 Å². The molecule has 2 atom stereocenters. The number of benzene rings is 1. The zero-order valence-electron chi connectivity index (χ0n) is 11.6. The van der Waals surface area contributed by atoms with Crippen LogP contribution in [0.3, 0.4) is 0 Å². The third-order valence-electron chi connectivity index (χ3n) is 3.83. The molecule has 1 aromatic carbocycles. The Hall–Kier alpha value is -0.860. The number of hydrogen-bond donors (Lipinski definition) is 1. The lowest BCUT2D eigenvalue weighted by atomic mass is 9.93. The Balaban J connectivity index is 2.03. The van der Waals surface area contributed by atoms with Crippen LogP contribution in [-0.4, -0.2) is 20.3 Å². The quantitative estimate of drug-likeness (QED) is 0.832. The molecule has 18 heavy (non-hydrogen) atoms. The Labute approximate surface area is 111 Å². The van der Waals surface area contributed by atoms with Crippen molar-refractivity contribution in [2.75, 3.05) is 20.3 Å². The summed E-state index contributed by atoms with van der Waals surface area (Å²) in [6, 6.07) is 9.50. The van der Waals surface area contributed by atoms with Gasteiger partial charge in [0.25, 0.3) is 0 Å². The van der Waals surface area contributed by atoms with Gasteiger partial charge in [-0.05, 0) is 43.4 Å². The van der Waals surface area contributed by atoms with Gasteiger partial charge in [0, 0.05) is 19.3 Å². The van der Waals surface area contributed by atoms with E-state index in [9.17, 15) is 0 Å². The Kier molecular flexibility index (Phi) is 5.21. The topological polar surface area (TPSA) is 21.3 Å². The molecular formula is C16H25NO. The minimum absolute atomic E-state index is 0.466. The predicted octanol–water partition coefficient (Wildman–Crippen LogP) is 3.33. The fraction of sp³-hybridized carbons (Fsp3) is 0.625. The van der Waals surface area contributed by atoms with Crippen LogP contribution in [-0.2, 0) is 11.2 Å². The van der Waals surface area contributed by atoms with E-state index in [0.717, 1.165) is 19.1 Å². The van der Waals surface area contributed by atoms with E-state index in [1.807, 2.05) is 0 Å². The highest BCUT2D eigenvalue weighted by atomic mass is 16.5. The molecule has 0 aromatic heterocycles. The summed E-state index contributed by atoms with van der Waals surface area (Å²) in [7, 11) is 2.06. The lowest BCUT2D eigenvalue weighted by Gasteiger charge is -2.20. The van der Waals surface area contributed by atoms with E-state index in [0.29, 0.717) is 6.04 Å². The molecule has 1 aromatic rings. The first-order valence-corrected chi connectivity index (χ1v) is 7.17. The van der Waals surface area contributed by atoms with Crippen molar-refractivity contribution in [3.8, 4) is 0 Å². The van der Waals surface area contributed by atoms with Crippen LogP contribution in [0.4, 0.5) is 0 Å². The zero-order chi connectivity index (χ0) is 12.8. The second-order valence-electron chi connectivity index (χ2n) is 5.30. The van der Waals surface area contributed by atoms with Gasteiger partial charge in [-0.3, -0.25) is 0 Å². The number of ether oxygens (including phenoxy) is 1. The highest BCUT2D eigenvalue weighted by Gasteiger charge is 2.20. The molecule has 2 unspecified atom stereocenters. The van der Waals surface area contributed by atoms with E-state index in [4.69, 9.17) is 4.74 Å². The van der Waals surface area contributed by atoms with Gasteiger partial charge in [-0.25, -0.2) is 0 Å². The van der Waals surface area contributed by atoms with Crippen LogP contribution in [0.2, 0.25) is 0 Å². The summed E-state index contributed by atoms with van der Waals surface area (Å²) >= 11 is 0. The van der Waals surface area contributed by atoms with Gasteiger partial charge in [-0.2, -0.15) is 0 Å². The van der Waals surface area contributed by atoms with E-state index >= 15 is 0 Å². The molecule has 0 spiro atoms. The van der Waals surface area contributed by atoms with Crippen molar-refractivity contribution in [3.05, 3.63) is 35.4 Å². The van der Waals surface area contributed by atoms with Crippen molar-refractivity contribution < 1.29 is 4.74 Å². The molecule has 0 amide bonds. The van der Waals surface area contributed by atoms with Gasteiger partial charge < -0.3 is 10.1 Å². The van der Waals surface area contributed by atoms with E-state index < -0.39 is 0 Å². The fourth-order valence-electron chi connectivity index (χ4n) is 2.78. The summed E-state index contributed by atoms with van der Waals surface area (Å²) in [5, 5.41) is 3.46. The van der Waals surface area contributed by atoms with Crippen LogP contribution < -0.4 is 5.32 Å². The SMILES string of the molecule is CCCc1cccc(C(CC2CCOC2)NC)c1. The first kappa shape index (κ1) is 13.6. The second-order valence-corrected chi connectivity index (χ2v) is 5.30. The highest BCUT2D eigenvalue weighted by molar-refractivity contribution is 5.26. The van der Waals surface area contributed by atoms with Gasteiger partial charge in [0.1, 0.15) is 0 Å². The fourth-order valence-corrected chi connectivity index (χ4v) is 2.78. The zero-order valence-corrected chi connectivity index (χ0v) is 11.6. The van der Waals surface area contributed by atoms with Gasteiger partial charge in [0.05, 0.1) is 0 Å². The molecule has 0 radical (unpaired) electrons. The molecule has 0 aliphatic carbocycles. The van der Waals surface area contributed by atoms with Gasteiger partial charge >= 0.3 is 0 Å². The number of hydrogen-bond acceptors (Lipinski definition) is 2. The molecule has 0 bridgehead atoms. The number of aryl methyl sites for hydroxylation is 1. The van der Waals surface area contributed by atoms with Crippen molar-refractivity contribution in [3.63, 3.8) is 0 Å². The summed E-state index contributed by atoms with van der Waals surface area (Å²) < 4.78 is 5.47. The van der Waals surface area contributed by atoms with Crippen molar-refractivity contribution >= 4 is 0 Å². The summed E-state index contributed by atoms with van der Waals surface area (Å²) in [6.45, 7) is 4.11. The van der Waals surface area contributed by atoms with Crippen LogP contribution in [0.1, 0.15) is 43.4 Å². The first-order valence-electron chi connectivity index (χ1n) is 7.17. The Morgan fingerprint density at radius 3 is 3.00 bits per heavy atom. The summed E-state index contributed by atoms with van der Waals surface area (Å²) in [5.41, 5.74) is 2.88. The molecule has 1 aliphatic rings. The Morgan fingerprint density at radius 2 is 2.33 bits per heavy atom. The maximum atomic E-state index is 5.47. The highest BCUT2D eigenvalue weighted by Crippen LogP contribution is 2.26. The third kappa shape index (κ3) is 3.56. The van der Waals surface area contributed by atoms with Crippen LogP contribution >= 0.6 is 0 Å². The van der Waals surface area contributed by atoms with Crippen molar-refractivity contribution in [1.29, 1.82) is 0 Å². The van der Waals surface area contributed by atoms with Crippen LogP contribution in [0.25, 0.3) is 0 Å². The molecule has 1 heterocycles. The largest absolute Gasteiger partial charge is 0.381 e. The van der Waals surface area contributed by atoms with E-state index in [-0.39, 0.29) is 0 Å². The maximum absolute atomic E-state index is 5.47. The molecule has 2 heteroatoms. The molecule has 2 nitrogen and oxygen atoms in total. The third-order valence-corrected chi connectivity index (χ3v) is 3.83. The maximum Gasteiger partial charge on any atom is 0.0495 e. The van der Waals surface area contributed by atoms with E-state index in [2.05, 4.69) is 43.6 Å². The van der Waals surface area contributed by atoms with Gasteiger partial charge in [0.15, 0.2) is 0 Å². The molecule has 100 valence electrons. The van der Waals surface area contributed by atoms with E-state index in [1.54, 1.807) is 0 Å². The molecule has 1 saturated heterocycles. The molecule has 0 saturated carbocycles. The monoisotopic (exact) mass is 247 g/mol. The van der Waals surface area contributed by atoms with Gasteiger partial charge in [-0.1, -0.05) is 37.6 Å². The second kappa shape index (κ2) is 6.91. The number of rotatable bonds is 6. The minimum atomic E-state index is 0.466. The summed E-state index contributed by atoms with van der Waals surface area (Å²) in [5.74, 6) is 0.720. The Bertz CT molecular complexity index is 358.